The Labute approximate surface area is 173 Å². The van der Waals surface area contributed by atoms with E-state index in [1.165, 1.54) is 0 Å². The molecular weight excluding hydrogens is 374 g/mol. The van der Waals surface area contributed by atoms with Crippen LogP contribution in [0, 0.1) is 5.92 Å². The molecule has 166 valence electrons. The van der Waals surface area contributed by atoms with Gasteiger partial charge in [-0.1, -0.05) is 27.7 Å². The average molecular weight is 418 g/mol. The molecule has 0 aromatic rings. The molecule has 0 rings (SSSR count). The number of ether oxygens (including phenoxy) is 2. The number of hydrogen-bond donors (Lipinski definition) is 1. The number of esters is 1. The maximum absolute atomic E-state index is 12.3. The lowest BCUT2D eigenvalue weighted by Gasteiger charge is -2.38. The predicted molar refractivity (Wildman–Crippen MR) is 116 cm³/mol. The van der Waals surface area contributed by atoms with Gasteiger partial charge in [-0.25, -0.2) is 4.79 Å². The molecule has 0 saturated carbocycles. The van der Waals surface area contributed by atoms with Gasteiger partial charge in [-0.2, -0.15) is 0 Å². The zero-order chi connectivity index (χ0) is 22.6. The van der Waals surface area contributed by atoms with Crippen LogP contribution in [0.3, 0.4) is 0 Å². The molecule has 28 heavy (non-hydrogen) atoms. The molecule has 0 aromatic heterocycles. The van der Waals surface area contributed by atoms with Crippen molar-refractivity contribution in [3.63, 3.8) is 0 Å². The monoisotopic (exact) mass is 417 g/mol. The van der Waals surface area contributed by atoms with Crippen molar-refractivity contribution in [3.8, 4) is 0 Å². The van der Waals surface area contributed by atoms with Crippen LogP contribution >= 0.6 is 0 Å². The van der Waals surface area contributed by atoms with Crippen LogP contribution in [0.25, 0.3) is 0 Å². The number of nitrogens with one attached hydrogen (secondary N) is 1. The zero-order valence-corrected chi connectivity index (χ0v) is 21.1. The summed E-state index contributed by atoms with van der Waals surface area (Å²) in [5.74, 6) is -0.449. The van der Waals surface area contributed by atoms with Crippen LogP contribution in [0.4, 0.5) is 4.79 Å². The van der Waals surface area contributed by atoms with E-state index < -0.39 is 25.6 Å². The van der Waals surface area contributed by atoms with Gasteiger partial charge in [-0.15, -0.1) is 0 Å². The standard InChI is InChI=1S/C21H43NO5Si/c1-15(13-17(23)26-19(2,3)4)16(22-18(24)27-20(5,6)7)14-25-28(11,12)21(8,9)10/h15-16H,13-14H2,1-12H3,(H,22,24)/t15-,16-/m1/s1. The number of rotatable bonds is 7. The first kappa shape index (κ1) is 26.9. The van der Waals surface area contributed by atoms with Crippen molar-refractivity contribution < 1.29 is 23.5 Å². The summed E-state index contributed by atoms with van der Waals surface area (Å²) in [4.78, 5) is 24.6. The number of amides is 1. The first-order chi connectivity index (χ1) is 12.2. The van der Waals surface area contributed by atoms with Gasteiger partial charge < -0.3 is 19.2 Å². The van der Waals surface area contributed by atoms with Crippen molar-refractivity contribution in [2.24, 2.45) is 5.92 Å². The van der Waals surface area contributed by atoms with E-state index in [1.54, 1.807) is 0 Å². The Kier molecular flexibility index (Phi) is 9.24. The first-order valence-corrected chi connectivity index (χ1v) is 13.0. The van der Waals surface area contributed by atoms with Crippen molar-refractivity contribution in [1.82, 2.24) is 5.32 Å². The maximum atomic E-state index is 12.3. The van der Waals surface area contributed by atoms with Crippen molar-refractivity contribution in [3.05, 3.63) is 0 Å². The predicted octanol–water partition coefficient (Wildman–Crippen LogP) is 5.27. The Morgan fingerprint density at radius 2 is 1.36 bits per heavy atom. The van der Waals surface area contributed by atoms with Crippen LogP contribution in [-0.4, -0.2) is 44.2 Å². The van der Waals surface area contributed by atoms with Crippen molar-refractivity contribution >= 4 is 20.4 Å². The van der Waals surface area contributed by atoms with Gasteiger partial charge in [0.1, 0.15) is 11.2 Å². The molecular formula is C21H43NO5Si. The van der Waals surface area contributed by atoms with Crippen LogP contribution in [0.5, 0.6) is 0 Å². The summed E-state index contributed by atoms with van der Waals surface area (Å²) in [6.45, 7) is 24.0. The van der Waals surface area contributed by atoms with E-state index in [0.717, 1.165) is 0 Å². The molecule has 0 aliphatic carbocycles. The second-order valence-corrected chi connectivity index (χ2v) is 15.9. The Bertz CT molecular complexity index is 526. The maximum Gasteiger partial charge on any atom is 0.407 e. The summed E-state index contributed by atoms with van der Waals surface area (Å²) in [7, 11) is -2.00. The summed E-state index contributed by atoms with van der Waals surface area (Å²) in [6.07, 6.45) is -0.314. The summed E-state index contributed by atoms with van der Waals surface area (Å²) in [6, 6.07) is -0.350. The second-order valence-electron chi connectivity index (χ2n) is 11.1. The van der Waals surface area contributed by atoms with Gasteiger partial charge in [-0.05, 0) is 65.6 Å². The van der Waals surface area contributed by atoms with Crippen LogP contribution in [0.1, 0.15) is 75.7 Å². The number of hydrogen-bond acceptors (Lipinski definition) is 5. The minimum absolute atomic E-state index is 0.0534. The van der Waals surface area contributed by atoms with Gasteiger partial charge >= 0.3 is 12.1 Å². The highest BCUT2D eigenvalue weighted by Crippen LogP contribution is 2.36. The average Bonchev–Trinajstić information content (AvgIpc) is 2.37. The Balaban J connectivity index is 5.21. The van der Waals surface area contributed by atoms with Crippen LogP contribution in [0.2, 0.25) is 18.1 Å². The van der Waals surface area contributed by atoms with Crippen LogP contribution in [0.15, 0.2) is 0 Å². The minimum Gasteiger partial charge on any atom is -0.460 e. The lowest BCUT2D eigenvalue weighted by molar-refractivity contribution is -0.156. The summed E-state index contributed by atoms with van der Waals surface area (Å²) >= 11 is 0. The van der Waals surface area contributed by atoms with Crippen LogP contribution < -0.4 is 5.32 Å². The summed E-state index contributed by atoms with van der Waals surface area (Å²) in [5, 5.41) is 2.95. The SMILES string of the molecule is C[C@H](CC(=O)OC(C)(C)C)[C@@H](CO[Si](C)(C)C(C)(C)C)NC(=O)OC(C)(C)C. The molecule has 0 radical (unpaired) electrons. The molecule has 0 saturated heterocycles. The summed E-state index contributed by atoms with van der Waals surface area (Å²) in [5.41, 5.74) is -1.13. The molecule has 0 aromatic carbocycles. The smallest absolute Gasteiger partial charge is 0.407 e. The molecule has 1 amide bonds. The van der Waals surface area contributed by atoms with E-state index in [9.17, 15) is 9.59 Å². The van der Waals surface area contributed by atoms with E-state index >= 15 is 0 Å². The Morgan fingerprint density at radius 1 is 0.893 bits per heavy atom. The Hall–Kier alpha value is -1.08. The molecule has 1 N–H and O–H groups in total. The molecule has 6 nitrogen and oxygen atoms in total. The third-order valence-corrected chi connectivity index (χ3v) is 9.23. The van der Waals surface area contributed by atoms with E-state index in [2.05, 4.69) is 39.2 Å². The fraction of sp³-hybridized carbons (Fsp3) is 0.905. The fourth-order valence-corrected chi connectivity index (χ4v) is 3.14. The molecule has 0 aliphatic heterocycles. The van der Waals surface area contributed by atoms with Gasteiger partial charge in [0.05, 0.1) is 19.1 Å². The molecule has 0 bridgehead atoms. The molecule has 2 atom stereocenters. The van der Waals surface area contributed by atoms with Crippen LogP contribution in [-0.2, 0) is 18.7 Å². The zero-order valence-electron chi connectivity index (χ0n) is 20.1. The van der Waals surface area contributed by atoms with E-state index in [-0.39, 0.29) is 29.4 Å². The second kappa shape index (κ2) is 9.61. The highest BCUT2D eigenvalue weighted by molar-refractivity contribution is 6.74. The molecule has 7 heteroatoms. The van der Waals surface area contributed by atoms with Gasteiger partial charge in [0.15, 0.2) is 8.32 Å². The quantitative estimate of drug-likeness (QED) is 0.451. The lowest BCUT2D eigenvalue weighted by Crippen LogP contribution is -2.49. The first-order valence-electron chi connectivity index (χ1n) is 10.1. The minimum atomic E-state index is -2.00. The van der Waals surface area contributed by atoms with Crippen molar-refractivity contribution in [2.45, 2.75) is 111 Å². The fourth-order valence-electron chi connectivity index (χ4n) is 2.11. The van der Waals surface area contributed by atoms with E-state index in [1.807, 2.05) is 48.5 Å². The highest BCUT2D eigenvalue weighted by atomic mass is 28.4. The molecule has 0 unspecified atom stereocenters. The molecule has 0 heterocycles. The molecule has 0 aliphatic rings. The van der Waals surface area contributed by atoms with E-state index in [4.69, 9.17) is 13.9 Å². The molecule has 0 fully saturated rings. The highest BCUT2D eigenvalue weighted by Gasteiger charge is 2.38. The number of alkyl carbamates (subject to hydrolysis) is 1. The van der Waals surface area contributed by atoms with Gasteiger partial charge in [0, 0.05) is 0 Å². The Morgan fingerprint density at radius 3 is 1.75 bits per heavy atom. The largest absolute Gasteiger partial charge is 0.460 e. The van der Waals surface area contributed by atoms with Gasteiger partial charge in [0.2, 0.25) is 0 Å². The van der Waals surface area contributed by atoms with Crippen molar-refractivity contribution in [2.75, 3.05) is 6.61 Å². The van der Waals surface area contributed by atoms with Gasteiger partial charge in [0.25, 0.3) is 0 Å². The summed E-state index contributed by atoms with van der Waals surface area (Å²) < 4.78 is 17.1. The number of carbonyl (C=O) groups is 2. The van der Waals surface area contributed by atoms with E-state index in [0.29, 0.717) is 6.61 Å². The lowest BCUT2D eigenvalue weighted by atomic mass is 9.99. The number of carbonyl (C=O) groups excluding carboxylic acids is 2. The molecule has 0 spiro atoms. The van der Waals surface area contributed by atoms with Gasteiger partial charge in [-0.3, -0.25) is 4.79 Å². The topological polar surface area (TPSA) is 73.9 Å². The third-order valence-electron chi connectivity index (χ3n) is 4.73. The van der Waals surface area contributed by atoms with Crippen molar-refractivity contribution in [1.29, 1.82) is 0 Å². The normalized spacial score (nSPS) is 15.6. The third kappa shape index (κ3) is 11.0.